The van der Waals surface area contributed by atoms with Gasteiger partial charge < -0.3 is 5.73 Å². The summed E-state index contributed by atoms with van der Waals surface area (Å²) in [6.07, 6.45) is 11.8. The maximum atomic E-state index is 7.37. The first-order valence-electron chi connectivity index (χ1n) is 6.35. The average Bonchev–Trinajstić information content (AvgIpc) is 2.80. The molecule has 2 heteroatoms. The molecule has 0 radical (unpaired) electrons. The SMILES string of the molecule is CCCCCCCCCCc1c(N)c1=N. The van der Waals surface area contributed by atoms with Gasteiger partial charge in [-0.1, -0.05) is 51.9 Å². The van der Waals surface area contributed by atoms with Gasteiger partial charge in [0.2, 0.25) is 0 Å². The molecular weight excluding hydrogens is 184 g/mol. The van der Waals surface area contributed by atoms with Crippen molar-refractivity contribution in [1.82, 2.24) is 0 Å². The number of anilines is 1. The molecule has 0 heterocycles. The Labute approximate surface area is 93.1 Å². The molecule has 0 saturated heterocycles. The van der Waals surface area contributed by atoms with Crippen LogP contribution in [-0.2, 0) is 6.42 Å². The van der Waals surface area contributed by atoms with Crippen molar-refractivity contribution in [3.8, 4) is 0 Å². The third-order valence-electron chi connectivity index (χ3n) is 3.11. The second kappa shape index (κ2) is 6.65. The van der Waals surface area contributed by atoms with E-state index in [1.165, 1.54) is 51.4 Å². The van der Waals surface area contributed by atoms with Crippen LogP contribution in [-0.4, -0.2) is 0 Å². The van der Waals surface area contributed by atoms with Crippen LogP contribution in [0.1, 0.15) is 63.9 Å². The highest BCUT2D eigenvalue weighted by atomic mass is 14.7. The zero-order valence-electron chi connectivity index (χ0n) is 9.94. The Hall–Kier alpha value is -0.790. The summed E-state index contributed by atoms with van der Waals surface area (Å²) in [7, 11) is 0. The molecule has 0 fully saturated rings. The molecule has 0 atom stereocenters. The fraction of sp³-hybridized carbons (Fsp3) is 0.769. The van der Waals surface area contributed by atoms with Crippen LogP contribution in [0.2, 0.25) is 0 Å². The smallest absolute Gasteiger partial charge is 0.0826 e. The first-order chi connectivity index (χ1) is 7.27. The summed E-state index contributed by atoms with van der Waals surface area (Å²) in [4.78, 5) is 0. The average molecular weight is 208 g/mol. The number of nitrogens with two attached hydrogens (primary N) is 1. The molecular formula is C13H24N2. The van der Waals surface area contributed by atoms with Crippen LogP contribution in [0, 0.1) is 5.41 Å². The Kier molecular flexibility index (Phi) is 5.44. The second-order valence-electron chi connectivity index (χ2n) is 4.49. The highest BCUT2D eigenvalue weighted by Gasteiger charge is 2.12. The van der Waals surface area contributed by atoms with Crippen LogP contribution in [0.15, 0.2) is 0 Å². The van der Waals surface area contributed by atoms with E-state index in [1.807, 2.05) is 0 Å². The minimum Gasteiger partial charge on any atom is -0.397 e. The monoisotopic (exact) mass is 208 g/mol. The topological polar surface area (TPSA) is 49.9 Å². The van der Waals surface area contributed by atoms with Crippen molar-refractivity contribution in [3.63, 3.8) is 0 Å². The molecule has 0 aliphatic heterocycles. The Bertz CT molecular complexity index is 282. The number of unbranched alkanes of at least 4 members (excludes halogenated alkanes) is 7. The van der Waals surface area contributed by atoms with E-state index in [9.17, 15) is 0 Å². The third kappa shape index (κ3) is 4.50. The van der Waals surface area contributed by atoms with E-state index in [0.29, 0.717) is 5.36 Å². The molecule has 0 aromatic heterocycles. The Morgan fingerprint density at radius 3 is 1.87 bits per heavy atom. The molecule has 2 nitrogen and oxygen atoms in total. The minimum atomic E-state index is 0.623. The van der Waals surface area contributed by atoms with Crippen LogP contribution in [0.5, 0.6) is 0 Å². The van der Waals surface area contributed by atoms with Gasteiger partial charge in [0, 0.05) is 5.56 Å². The molecule has 1 aromatic rings. The van der Waals surface area contributed by atoms with Crippen LogP contribution >= 0.6 is 0 Å². The molecule has 1 rings (SSSR count). The summed E-state index contributed by atoms with van der Waals surface area (Å²) in [6.45, 7) is 2.25. The maximum absolute atomic E-state index is 7.37. The number of hydrogen-bond acceptors (Lipinski definition) is 2. The van der Waals surface area contributed by atoms with E-state index in [-0.39, 0.29) is 0 Å². The van der Waals surface area contributed by atoms with Crippen LogP contribution < -0.4 is 11.1 Å². The molecule has 0 aliphatic carbocycles. The first-order valence-corrected chi connectivity index (χ1v) is 6.35. The molecule has 0 spiro atoms. The summed E-state index contributed by atoms with van der Waals surface area (Å²) < 4.78 is 0. The Morgan fingerprint density at radius 1 is 0.933 bits per heavy atom. The van der Waals surface area contributed by atoms with Gasteiger partial charge in [-0.25, -0.2) is 0 Å². The normalized spacial score (nSPS) is 11.3. The Balaban J connectivity index is 1.82. The first kappa shape index (κ1) is 12.3. The lowest BCUT2D eigenvalue weighted by Gasteiger charge is -1.99. The number of nitrogens with one attached hydrogen (secondary N) is 1. The lowest BCUT2D eigenvalue weighted by molar-refractivity contribution is 0.576. The van der Waals surface area contributed by atoms with E-state index in [0.717, 1.165) is 17.7 Å². The standard InChI is InChI=1S/C13H24N2/c1-2-3-4-5-6-7-8-9-10-11-12(14)13(11)15/h14H,2-10,15H2,1H3. The third-order valence-corrected chi connectivity index (χ3v) is 3.11. The maximum Gasteiger partial charge on any atom is 0.0826 e. The number of hydrogen-bond donors (Lipinski definition) is 2. The summed E-state index contributed by atoms with van der Waals surface area (Å²) in [5, 5.41) is 7.99. The number of nitrogen functional groups attached to an aromatic ring is 1. The molecule has 1 aromatic carbocycles. The number of rotatable bonds is 9. The van der Waals surface area contributed by atoms with E-state index in [1.54, 1.807) is 0 Å². The molecule has 3 N–H and O–H groups in total. The zero-order valence-corrected chi connectivity index (χ0v) is 9.94. The van der Waals surface area contributed by atoms with Crippen molar-refractivity contribution >= 4 is 5.69 Å². The fourth-order valence-corrected chi connectivity index (χ4v) is 1.94. The van der Waals surface area contributed by atoms with Crippen molar-refractivity contribution in [3.05, 3.63) is 10.9 Å². The van der Waals surface area contributed by atoms with Crippen molar-refractivity contribution in [2.24, 2.45) is 0 Å². The van der Waals surface area contributed by atoms with Gasteiger partial charge >= 0.3 is 0 Å². The molecule has 0 unspecified atom stereocenters. The second-order valence-corrected chi connectivity index (χ2v) is 4.49. The lowest BCUT2D eigenvalue weighted by Crippen LogP contribution is -1.85. The van der Waals surface area contributed by atoms with Crippen LogP contribution in [0.3, 0.4) is 0 Å². The molecule has 86 valence electrons. The molecule has 0 amide bonds. The van der Waals surface area contributed by atoms with Crippen LogP contribution in [0.25, 0.3) is 0 Å². The largest absolute Gasteiger partial charge is 0.397 e. The minimum absolute atomic E-state index is 0.623. The Morgan fingerprint density at radius 2 is 1.40 bits per heavy atom. The lowest BCUT2D eigenvalue weighted by atomic mass is 10.1. The molecule has 0 saturated carbocycles. The van der Waals surface area contributed by atoms with Gasteiger partial charge in [0.05, 0.1) is 11.0 Å². The van der Waals surface area contributed by atoms with Crippen LogP contribution in [0.4, 0.5) is 5.69 Å². The van der Waals surface area contributed by atoms with Gasteiger partial charge in [-0.3, -0.25) is 5.41 Å². The summed E-state index contributed by atoms with van der Waals surface area (Å²) in [6, 6.07) is 0. The fourth-order valence-electron chi connectivity index (χ4n) is 1.94. The summed E-state index contributed by atoms with van der Waals surface area (Å²) in [5.41, 5.74) is 7.45. The van der Waals surface area contributed by atoms with Crippen molar-refractivity contribution in [1.29, 1.82) is 5.41 Å². The summed E-state index contributed by atoms with van der Waals surface area (Å²) >= 11 is 0. The molecule has 0 bridgehead atoms. The quantitative estimate of drug-likeness (QED) is 0.601. The van der Waals surface area contributed by atoms with Gasteiger partial charge in [0.25, 0.3) is 0 Å². The predicted octanol–water partition coefficient (Wildman–Crippen LogP) is 3.31. The van der Waals surface area contributed by atoms with E-state index >= 15 is 0 Å². The highest BCUT2D eigenvalue weighted by Crippen LogP contribution is 2.16. The van der Waals surface area contributed by atoms with Gasteiger partial charge in [0.1, 0.15) is 0 Å². The van der Waals surface area contributed by atoms with E-state index in [2.05, 4.69) is 6.92 Å². The highest BCUT2D eigenvalue weighted by molar-refractivity contribution is 5.58. The van der Waals surface area contributed by atoms with Crippen molar-refractivity contribution in [2.75, 3.05) is 5.73 Å². The van der Waals surface area contributed by atoms with E-state index in [4.69, 9.17) is 11.1 Å². The van der Waals surface area contributed by atoms with Gasteiger partial charge in [-0.15, -0.1) is 0 Å². The van der Waals surface area contributed by atoms with Gasteiger partial charge in [-0.05, 0) is 12.8 Å². The molecule has 0 aliphatic rings. The van der Waals surface area contributed by atoms with Crippen molar-refractivity contribution in [2.45, 2.75) is 64.7 Å². The van der Waals surface area contributed by atoms with Crippen molar-refractivity contribution < 1.29 is 0 Å². The van der Waals surface area contributed by atoms with Gasteiger partial charge in [-0.2, -0.15) is 0 Å². The van der Waals surface area contributed by atoms with Gasteiger partial charge in [0.15, 0.2) is 0 Å². The van der Waals surface area contributed by atoms with E-state index < -0.39 is 0 Å². The molecule has 15 heavy (non-hydrogen) atoms. The zero-order chi connectivity index (χ0) is 11.1. The summed E-state index contributed by atoms with van der Waals surface area (Å²) in [5.74, 6) is 0. The predicted molar refractivity (Wildman–Crippen MR) is 65.4 cm³/mol.